The van der Waals surface area contributed by atoms with E-state index in [-0.39, 0.29) is 0 Å². The monoisotopic (exact) mass is 303 g/mol. The lowest BCUT2D eigenvalue weighted by Crippen LogP contribution is -2.16. The first kappa shape index (κ1) is 13.5. The molecule has 102 valence electrons. The van der Waals surface area contributed by atoms with Crippen LogP contribution in [0.3, 0.4) is 0 Å². The Morgan fingerprint density at radius 1 is 1.25 bits per heavy atom. The number of aromatic nitrogens is 2. The molecule has 1 aliphatic heterocycles. The molecule has 3 rings (SSSR count). The molecule has 6 heteroatoms. The molecule has 1 aliphatic rings. The summed E-state index contributed by atoms with van der Waals surface area (Å²) in [6.07, 6.45) is 0. The van der Waals surface area contributed by atoms with Crippen molar-refractivity contribution in [3.8, 4) is 17.5 Å². The van der Waals surface area contributed by atoms with E-state index in [1.165, 1.54) is 5.75 Å². The van der Waals surface area contributed by atoms with Crippen molar-refractivity contribution in [2.45, 2.75) is 17.4 Å². The van der Waals surface area contributed by atoms with E-state index >= 15 is 0 Å². The molecule has 0 spiro atoms. The van der Waals surface area contributed by atoms with Crippen LogP contribution in [0, 0.1) is 11.3 Å². The second-order valence-corrected chi connectivity index (χ2v) is 7.25. The number of benzene rings is 1. The Morgan fingerprint density at radius 2 is 2.00 bits per heavy atom. The van der Waals surface area contributed by atoms with Crippen LogP contribution in [0.25, 0.3) is 11.5 Å². The molecule has 0 bridgehead atoms. The van der Waals surface area contributed by atoms with Gasteiger partial charge in [-0.1, -0.05) is 12.1 Å². The molecule has 1 fully saturated rings. The van der Waals surface area contributed by atoms with Gasteiger partial charge < -0.3 is 4.52 Å². The summed E-state index contributed by atoms with van der Waals surface area (Å²) in [6.45, 7) is 2.21. The molecule has 2 aromatic rings. The van der Waals surface area contributed by atoms with Gasteiger partial charge in [-0.25, -0.2) is 0 Å². The summed E-state index contributed by atoms with van der Waals surface area (Å²) >= 11 is 3.84. The summed E-state index contributed by atoms with van der Waals surface area (Å²) in [6, 6.07) is 9.28. The molecule has 0 amide bonds. The van der Waals surface area contributed by atoms with E-state index in [9.17, 15) is 0 Å². The lowest BCUT2D eigenvalue weighted by molar-refractivity contribution is 0.422. The summed E-state index contributed by atoms with van der Waals surface area (Å²) in [5, 5.41) is 13.7. The molecule has 0 aliphatic carbocycles. The second kappa shape index (κ2) is 5.90. The van der Waals surface area contributed by atoms with Gasteiger partial charge in [0.05, 0.1) is 16.9 Å². The quantitative estimate of drug-likeness (QED) is 0.846. The zero-order valence-corrected chi connectivity index (χ0v) is 12.6. The first-order valence-electron chi connectivity index (χ1n) is 6.35. The molecule has 2 unspecified atom stereocenters. The maximum absolute atomic E-state index is 8.80. The first-order chi connectivity index (χ1) is 9.78. The van der Waals surface area contributed by atoms with Crippen LogP contribution in [0.15, 0.2) is 28.8 Å². The Hall–Kier alpha value is -1.45. The van der Waals surface area contributed by atoms with E-state index in [2.05, 4.69) is 23.1 Å². The van der Waals surface area contributed by atoms with E-state index in [4.69, 9.17) is 9.78 Å². The molecular formula is C14H13N3OS2. The zero-order valence-electron chi connectivity index (χ0n) is 10.9. The van der Waals surface area contributed by atoms with E-state index in [0.29, 0.717) is 22.0 Å². The fraction of sp³-hybridized carbons (Fsp3) is 0.357. The van der Waals surface area contributed by atoms with Crippen molar-refractivity contribution in [2.75, 3.05) is 11.5 Å². The average Bonchev–Trinajstić information content (AvgIpc) is 2.97. The lowest BCUT2D eigenvalue weighted by atomic mass is 10.1. The van der Waals surface area contributed by atoms with Crippen molar-refractivity contribution >= 4 is 23.5 Å². The highest BCUT2D eigenvalue weighted by molar-refractivity contribution is 8.06. The molecule has 1 saturated heterocycles. The molecule has 0 N–H and O–H groups in total. The van der Waals surface area contributed by atoms with Crippen molar-refractivity contribution in [2.24, 2.45) is 0 Å². The maximum Gasteiger partial charge on any atom is 0.257 e. The zero-order chi connectivity index (χ0) is 13.9. The van der Waals surface area contributed by atoms with Crippen LogP contribution in [-0.4, -0.2) is 26.9 Å². The van der Waals surface area contributed by atoms with Crippen molar-refractivity contribution in [3.63, 3.8) is 0 Å². The fourth-order valence-electron chi connectivity index (χ4n) is 2.07. The van der Waals surface area contributed by atoms with Gasteiger partial charge in [-0.3, -0.25) is 0 Å². The van der Waals surface area contributed by atoms with Gasteiger partial charge in [0.2, 0.25) is 0 Å². The molecule has 2 atom stereocenters. The van der Waals surface area contributed by atoms with Gasteiger partial charge in [-0.05, 0) is 24.3 Å². The van der Waals surface area contributed by atoms with Gasteiger partial charge >= 0.3 is 0 Å². The maximum atomic E-state index is 8.80. The highest BCUT2D eigenvalue weighted by atomic mass is 32.2. The Bertz CT molecular complexity index is 633. The van der Waals surface area contributed by atoms with Crippen LogP contribution < -0.4 is 0 Å². The van der Waals surface area contributed by atoms with E-state index in [1.54, 1.807) is 12.1 Å². The molecule has 1 aromatic heterocycles. The normalized spacial score (nSPS) is 22.4. The van der Waals surface area contributed by atoms with Crippen molar-refractivity contribution in [1.82, 2.24) is 10.1 Å². The van der Waals surface area contributed by atoms with Crippen LogP contribution in [0.5, 0.6) is 0 Å². The van der Waals surface area contributed by atoms with Crippen LogP contribution in [0.4, 0.5) is 0 Å². The minimum atomic E-state index is 0.296. The number of hydrogen-bond acceptors (Lipinski definition) is 6. The summed E-state index contributed by atoms with van der Waals surface area (Å²) in [4.78, 5) is 4.52. The number of thioether (sulfide) groups is 2. The summed E-state index contributed by atoms with van der Waals surface area (Å²) < 4.78 is 5.36. The number of nitriles is 1. The lowest BCUT2D eigenvalue weighted by Gasteiger charge is -2.24. The number of hydrogen-bond donors (Lipinski definition) is 0. The number of rotatable bonds is 2. The Morgan fingerprint density at radius 3 is 2.70 bits per heavy atom. The SMILES string of the molecule is CC1SCCSC1c1noc(-c2ccc(C#N)cc2)n1. The summed E-state index contributed by atoms with van der Waals surface area (Å²) in [5.74, 6) is 3.60. The van der Waals surface area contributed by atoms with Crippen molar-refractivity contribution in [1.29, 1.82) is 5.26 Å². The fourth-order valence-corrected chi connectivity index (χ4v) is 4.75. The average molecular weight is 303 g/mol. The van der Waals surface area contributed by atoms with E-state index < -0.39 is 0 Å². The third kappa shape index (κ3) is 2.69. The number of nitrogens with zero attached hydrogens (tertiary/aromatic N) is 3. The van der Waals surface area contributed by atoms with Gasteiger partial charge in [0.15, 0.2) is 5.82 Å². The highest BCUT2D eigenvalue weighted by Gasteiger charge is 2.28. The Kier molecular flexibility index (Phi) is 3.99. The predicted octanol–water partition coefficient (Wildman–Crippen LogP) is 3.52. The topological polar surface area (TPSA) is 62.7 Å². The van der Waals surface area contributed by atoms with Gasteiger partial charge in [-0.2, -0.15) is 22.0 Å². The summed E-state index contributed by atoms with van der Waals surface area (Å²) in [7, 11) is 0. The highest BCUT2D eigenvalue weighted by Crippen LogP contribution is 2.41. The smallest absolute Gasteiger partial charge is 0.257 e. The molecule has 1 aromatic carbocycles. The van der Waals surface area contributed by atoms with Gasteiger partial charge in [0.25, 0.3) is 5.89 Å². The summed E-state index contributed by atoms with van der Waals surface area (Å²) in [5.41, 5.74) is 1.48. The molecule has 4 nitrogen and oxygen atoms in total. The van der Waals surface area contributed by atoms with Crippen LogP contribution in [0.1, 0.15) is 23.6 Å². The van der Waals surface area contributed by atoms with Gasteiger partial charge in [-0.15, -0.1) is 11.8 Å². The molecular weight excluding hydrogens is 290 g/mol. The largest absolute Gasteiger partial charge is 0.334 e. The second-order valence-electron chi connectivity index (χ2n) is 4.51. The van der Waals surface area contributed by atoms with Crippen LogP contribution in [-0.2, 0) is 0 Å². The predicted molar refractivity (Wildman–Crippen MR) is 81.6 cm³/mol. The van der Waals surface area contributed by atoms with E-state index in [0.717, 1.165) is 17.1 Å². The standard InChI is InChI=1S/C14H13N3OS2/c1-9-12(20-7-6-19-9)13-16-14(18-17-13)11-4-2-10(8-15)3-5-11/h2-5,9,12H,6-7H2,1H3. The molecule has 20 heavy (non-hydrogen) atoms. The minimum Gasteiger partial charge on any atom is -0.334 e. The van der Waals surface area contributed by atoms with Crippen molar-refractivity contribution in [3.05, 3.63) is 35.7 Å². The Labute approximate surface area is 125 Å². The Balaban J connectivity index is 1.84. The molecule has 2 heterocycles. The minimum absolute atomic E-state index is 0.296. The molecule has 0 saturated carbocycles. The first-order valence-corrected chi connectivity index (χ1v) is 8.45. The third-order valence-electron chi connectivity index (χ3n) is 3.14. The molecule has 0 radical (unpaired) electrons. The van der Waals surface area contributed by atoms with Crippen molar-refractivity contribution < 1.29 is 4.52 Å². The van der Waals surface area contributed by atoms with E-state index in [1.807, 2.05) is 35.7 Å². The van der Waals surface area contributed by atoms with Crippen LogP contribution in [0.2, 0.25) is 0 Å². The van der Waals surface area contributed by atoms with Gasteiger partial charge in [0, 0.05) is 22.3 Å². The van der Waals surface area contributed by atoms with Gasteiger partial charge in [0.1, 0.15) is 0 Å². The van der Waals surface area contributed by atoms with Crippen LogP contribution >= 0.6 is 23.5 Å². The third-order valence-corrected chi connectivity index (χ3v) is 6.23.